The van der Waals surface area contributed by atoms with E-state index in [-0.39, 0.29) is 24.9 Å². The molecule has 3 N–H and O–H groups in total. The van der Waals surface area contributed by atoms with Crippen LogP contribution in [0, 0.1) is 11.7 Å². The van der Waals surface area contributed by atoms with Crippen molar-refractivity contribution in [1.82, 2.24) is 15.6 Å². The summed E-state index contributed by atoms with van der Waals surface area (Å²) in [5, 5.41) is 14.3. The molecule has 0 bridgehead atoms. The number of nitrogens with zero attached hydrogens (tertiary/aromatic N) is 1. The summed E-state index contributed by atoms with van der Waals surface area (Å²) in [5.74, 6) is -0.0885. The molecular weight excluding hydrogens is 249 g/mol. The van der Waals surface area contributed by atoms with E-state index in [0.29, 0.717) is 12.3 Å². The van der Waals surface area contributed by atoms with Crippen LogP contribution in [-0.2, 0) is 6.54 Å². The lowest BCUT2D eigenvalue weighted by Crippen LogP contribution is -2.44. The van der Waals surface area contributed by atoms with Crippen LogP contribution < -0.4 is 10.6 Å². The molecule has 0 saturated carbocycles. The third kappa shape index (κ3) is 5.65. The van der Waals surface area contributed by atoms with E-state index in [0.717, 1.165) is 0 Å². The summed E-state index contributed by atoms with van der Waals surface area (Å²) in [4.78, 5) is 15.4. The molecule has 1 rings (SSSR count). The highest BCUT2D eigenvalue weighted by molar-refractivity contribution is 5.74. The van der Waals surface area contributed by atoms with E-state index in [1.54, 1.807) is 0 Å². The molecule has 1 unspecified atom stereocenters. The lowest BCUT2D eigenvalue weighted by molar-refractivity contribution is 0.206. The summed E-state index contributed by atoms with van der Waals surface area (Å²) < 4.78 is 13.3. The Kier molecular flexibility index (Phi) is 6.21. The van der Waals surface area contributed by atoms with Crippen LogP contribution in [0.25, 0.3) is 0 Å². The second-order valence-corrected chi connectivity index (χ2v) is 4.77. The van der Waals surface area contributed by atoms with Crippen molar-refractivity contribution in [3.05, 3.63) is 29.8 Å². The fraction of sp³-hybridized carbons (Fsp3) is 0.538. The van der Waals surface area contributed by atoms with Crippen LogP contribution in [0.3, 0.4) is 0 Å². The highest BCUT2D eigenvalue weighted by Gasteiger charge is 2.13. The number of carbonyl (C=O) groups excluding carboxylic acids is 1. The van der Waals surface area contributed by atoms with Gasteiger partial charge in [-0.25, -0.2) is 9.18 Å². The van der Waals surface area contributed by atoms with Gasteiger partial charge in [-0.2, -0.15) is 0 Å². The normalized spacial score (nSPS) is 12.3. The Hall–Kier alpha value is -1.69. The topological polar surface area (TPSA) is 74.2 Å². The summed E-state index contributed by atoms with van der Waals surface area (Å²) in [6, 6.07) is 2.04. The first kappa shape index (κ1) is 15.4. The van der Waals surface area contributed by atoms with Gasteiger partial charge in [-0.05, 0) is 24.5 Å². The molecular formula is C13H20FN3O2. The van der Waals surface area contributed by atoms with Crippen LogP contribution in [-0.4, -0.2) is 28.8 Å². The number of aromatic nitrogens is 1. The number of aliphatic hydroxyl groups is 1. The van der Waals surface area contributed by atoms with Gasteiger partial charge < -0.3 is 15.7 Å². The minimum absolute atomic E-state index is 0.0122. The maximum absolute atomic E-state index is 13.3. The number of urea groups is 1. The number of aliphatic hydroxyl groups excluding tert-OH is 1. The van der Waals surface area contributed by atoms with Gasteiger partial charge in [-0.3, -0.25) is 4.98 Å². The number of rotatable bonds is 6. The van der Waals surface area contributed by atoms with E-state index in [9.17, 15) is 9.18 Å². The van der Waals surface area contributed by atoms with Crippen LogP contribution in [0.2, 0.25) is 0 Å². The Morgan fingerprint density at radius 3 is 2.84 bits per heavy atom. The average Bonchev–Trinajstić information content (AvgIpc) is 2.36. The zero-order valence-electron chi connectivity index (χ0n) is 11.2. The summed E-state index contributed by atoms with van der Waals surface area (Å²) in [6.07, 6.45) is 2.15. The summed E-state index contributed by atoms with van der Waals surface area (Å²) in [7, 11) is 0. The maximum atomic E-state index is 13.3. The second-order valence-electron chi connectivity index (χ2n) is 4.77. The number of carbonyl (C=O) groups is 1. The molecule has 1 atom stereocenters. The quantitative estimate of drug-likeness (QED) is 0.731. The largest absolute Gasteiger partial charge is 0.394 e. The smallest absolute Gasteiger partial charge is 0.315 e. The molecule has 0 aliphatic carbocycles. The molecule has 106 valence electrons. The summed E-state index contributed by atoms with van der Waals surface area (Å²) >= 11 is 0. The first-order valence-corrected chi connectivity index (χ1v) is 6.27. The molecule has 0 fully saturated rings. The zero-order valence-corrected chi connectivity index (χ0v) is 11.2. The zero-order chi connectivity index (χ0) is 14.3. The molecule has 1 aromatic heterocycles. The monoisotopic (exact) mass is 269 g/mol. The first-order valence-electron chi connectivity index (χ1n) is 6.27. The van der Waals surface area contributed by atoms with E-state index in [1.807, 2.05) is 13.8 Å². The van der Waals surface area contributed by atoms with Crippen LogP contribution in [0.1, 0.15) is 26.0 Å². The molecule has 0 spiro atoms. The first-order chi connectivity index (χ1) is 9.02. The maximum Gasteiger partial charge on any atom is 0.315 e. The van der Waals surface area contributed by atoms with E-state index in [2.05, 4.69) is 15.6 Å². The van der Waals surface area contributed by atoms with Gasteiger partial charge in [0.1, 0.15) is 5.82 Å². The minimum Gasteiger partial charge on any atom is -0.394 e. The highest BCUT2D eigenvalue weighted by atomic mass is 19.1. The van der Waals surface area contributed by atoms with Crippen molar-refractivity contribution in [3.63, 3.8) is 0 Å². The van der Waals surface area contributed by atoms with Crippen molar-refractivity contribution in [1.29, 1.82) is 0 Å². The van der Waals surface area contributed by atoms with Gasteiger partial charge in [0.2, 0.25) is 0 Å². The van der Waals surface area contributed by atoms with Crippen LogP contribution in [0.15, 0.2) is 18.3 Å². The Morgan fingerprint density at radius 1 is 1.53 bits per heavy atom. The lowest BCUT2D eigenvalue weighted by atomic mass is 10.0. The number of hydrogen-bond donors (Lipinski definition) is 3. The van der Waals surface area contributed by atoms with Gasteiger partial charge in [0, 0.05) is 6.20 Å². The van der Waals surface area contributed by atoms with Crippen molar-refractivity contribution in [2.75, 3.05) is 6.61 Å². The Bertz CT molecular complexity index is 413. The minimum atomic E-state index is -0.455. The molecule has 5 nitrogen and oxygen atoms in total. The second kappa shape index (κ2) is 7.68. The van der Waals surface area contributed by atoms with Gasteiger partial charge in [0.15, 0.2) is 0 Å². The molecule has 1 heterocycles. The molecule has 2 amide bonds. The molecule has 0 saturated heterocycles. The fourth-order valence-electron chi connectivity index (χ4n) is 1.70. The standard InChI is InChI=1S/C13H20FN3O2/c1-9(2)6-10(8-18)17-13(19)16-7-12-11(14)4-3-5-15-12/h3-5,9-10,18H,6-8H2,1-2H3,(H2,16,17,19). The van der Waals surface area contributed by atoms with Gasteiger partial charge in [0.25, 0.3) is 0 Å². The van der Waals surface area contributed by atoms with Gasteiger partial charge >= 0.3 is 6.03 Å². The number of halogens is 1. The molecule has 0 radical (unpaired) electrons. The molecule has 0 aromatic carbocycles. The molecule has 0 aliphatic rings. The van der Waals surface area contributed by atoms with Gasteiger partial charge in [-0.1, -0.05) is 13.8 Å². The van der Waals surface area contributed by atoms with Crippen molar-refractivity contribution in [2.45, 2.75) is 32.9 Å². The van der Waals surface area contributed by atoms with Crippen LogP contribution in [0.5, 0.6) is 0 Å². The average molecular weight is 269 g/mol. The number of pyridine rings is 1. The summed E-state index contributed by atoms with van der Waals surface area (Å²) in [6.45, 7) is 3.90. The number of amides is 2. The fourth-order valence-corrected chi connectivity index (χ4v) is 1.70. The molecule has 6 heteroatoms. The third-order valence-corrected chi connectivity index (χ3v) is 2.56. The Morgan fingerprint density at radius 2 is 2.26 bits per heavy atom. The van der Waals surface area contributed by atoms with Crippen LogP contribution in [0.4, 0.5) is 9.18 Å². The predicted octanol–water partition coefficient (Wildman–Crippen LogP) is 1.43. The lowest BCUT2D eigenvalue weighted by Gasteiger charge is -2.18. The highest BCUT2D eigenvalue weighted by Crippen LogP contribution is 2.04. The molecule has 0 aliphatic heterocycles. The van der Waals surface area contributed by atoms with Gasteiger partial charge in [-0.15, -0.1) is 0 Å². The SMILES string of the molecule is CC(C)CC(CO)NC(=O)NCc1ncccc1F. The summed E-state index contributed by atoms with van der Waals surface area (Å²) in [5.41, 5.74) is 0.182. The Labute approximate surface area is 112 Å². The number of hydrogen-bond acceptors (Lipinski definition) is 3. The third-order valence-electron chi connectivity index (χ3n) is 2.56. The van der Waals surface area contributed by atoms with Crippen molar-refractivity contribution >= 4 is 6.03 Å². The van der Waals surface area contributed by atoms with Crippen molar-refractivity contribution in [2.24, 2.45) is 5.92 Å². The van der Waals surface area contributed by atoms with Crippen molar-refractivity contribution in [3.8, 4) is 0 Å². The van der Waals surface area contributed by atoms with Crippen LogP contribution >= 0.6 is 0 Å². The Balaban J connectivity index is 2.41. The number of nitrogens with one attached hydrogen (secondary N) is 2. The van der Waals surface area contributed by atoms with E-state index in [1.165, 1.54) is 18.3 Å². The van der Waals surface area contributed by atoms with E-state index >= 15 is 0 Å². The molecule has 19 heavy (non-hydrogen) atoms. The van der Waals surface area contributed by atoms with E-state index in [4.69, 9.17) is 5.11 Å². The van der Waals surface area contributed by atoms with E-state index < -0.39 is 11.8 Å². The van der Waals surface area contributed by atoms with Gasteiger partial charge in [0.05, 0.1) is 24.9 Å². The molecule has 1 aromatic rings. The predicted molar refractivity (Wildman–Crippen MR) is 69.9 cm³/mol. The van der Waals surface area contributed by atoms with Crippen molar-refractivity contribution < 1.29 is 14.3 Å².